The van der Waals surface area contributed by atoms with E-state index in [-0.39, 0.29) is 11.8 Å². The van der Waals surface area contributed by atoms with Crippen molar-refractivity contribution in [2.75, 3.05) is 18.0 Å². The number of carbonyl (C=O) groups excluding carboxylic acids is 1. The summed E-state index contributed by atoms with van der Waals surface area (Å²) in [7, 11) is 0. The molecule has 1 fully saturated rings. The van der Waals surface area contributed by atoms with Gasteiger partial charge in [0.05, 0.1) is 5.92 Å². The summed E-state index contributed by atoms with van der Waals surface area (Å²) in [6, 6.07) is 15.9. The molecule has 0 spiro atoms. The average Bonchev–Trinajstić information content (AvgIpc) is 2.79. The summed E-state index contributed by atoms with van der Waals surface area (Å²) >= 11 is 5.92. The number of benzene rings is 2. The Balaban J connectivity index is 1.36. The van der Waals surface area contributed by atoms with Gasteiger partial charge in [0, 0.05) is 42.6 Å². The van der Waals surface area contributed by atoms with Gasteiger partial charge in [0.1, 0.15) is 0 Å². The van der Waals surface area contributed by atoms with Gasteiger partial charge >= 0.3 is 0 Å². The van der Waals surface area contributed by atoms with E-state index in [4.69, 9.17) is 11.6 Å². The van der Waals surface area contributed by atoms with Gasteiger partial charge in [-0.25, -0.2) is 9.97 Å². The lowest BCUT2D eigenvalue weighted by Gasteiger charge is -2.32. The summed E-state index contributed by atoms with van der Waals surface area (Å²) < 4.78 is 0. The van der Waals surface area contributed by atoms with Gasteiger partial charge in [-0.1, -0.05) is 53.6 Å². The van der Waals surface area contributed by atoms with Crippen LogP contribution in [0.3, 0.4) is 0 Å². The fourth-order valence-corrected chi connectivity index (χ4v) is 3.81. The quantitative estimate of drug-likeness (QED) is 0.653. The zero-order valence-corrected chi connectivity index (χ0v) is 17.8. The highest BCUT2D eigenvalue weighted by Gasteiger charge is 2.27. The Morgan fingerprint density at radius 3 is 2.47 bits per heavy atom. The molecule has 30 heavy (non-hydrogen) atoms. The van der Waals surface area contributed by atoms with E-state index in [2.05, 4.69) is 51.4 Å². The predicted molar refractivity (Wildman–Crippen MR) is 120 cm³/mol. The molecule has 154 valence electrons. The molecule has 0 radical (unpaired) electrons. The van der Waals surface area contributed by atoms with Crippen molar-refractivity contribution in [2.24, 2.45) is 5.92 Å². The van der Waals surface area contributed by atoms with E-state index in [1.165, 1.54) is 5.56 Å². The van der Waals surface area contributed by atoms with Crippen molar-refractivity contribution in [3.05, 3.63) is 77.1 Å². The number of amides is 1. The average molecular weight is 421 g/mol. The predicted octanol–water partition coefficient (Wildman–Crippen LogP) is 4.64. The van der Waals surface area contributed by atoms with E-state index in [1.807, 2.05) is 36.7 Å². The SMILES string of the molecule is Cc1ccc(-c2cnc(N3CCC[C@@H](C(=O)NCc4ccc(Cl)cc4)C3)nc2)cc1. The third-order valence-electron chi connectivity index (χ3n) is 5.48. The number of rotatable bonds is 5. The Bertz CT molecular complexity index is 987. The zero-order valence-electron chi connectivity index (χ0n) is 17.0. The summed E-state index contributed by atoms with van der Waals surface area (Å²) in [6.07, 6.45) is 5.54. The van der Waals surface area contributed by atoms with E-state index in [0.717, 1.165) is 36.1 Å². The third-order valence-corrected chi connectivity index (χ3v) is 5.73. The van der Waals surface area contributed by atoms with E-state index < -0.39 is 0 Å². The van der Waals surface area contributed by atoms with Crippen molar-refractivity contribution in [1.82, 2.24) is 15.3 Å². The number of hydrogen-bond donors (Lipinski definition) is 1. The fourth-order valence-electron chi connectivity index (χ4n) is 3.69. The molecule has 0 aliphatic carbocycles. The number of carbonyl (C=O) groups is 1. The second kappa shape index (κ2) is 9.26. The monoisotopic (exact) mass is 420 g/mol. The first-order chi connectivity index (χ1) is 14.6. The van der Waals surface area contributed by atoms with Crippen LogP contribution in [0.25, 0.3) is 11.1 Å². The minimum atomic E-state index is -0.0635. The number of nitrogens with zero attached hydrogens (tertiary/aromatic N) is 3. The van der Waals surface area contributed by atoms with Crippen LogP contribution in [0.1, 0.15) is 24.0 Å². The molecule has 4 rings (SSSR count). The molecule has 5 nitrogen and oxygen atoms in total. The lowest BCUT2D eigenvalue weighted by molar-refractivity contribution is -0.125. The number of hydrogen-bond acceptors (Lipinski definition) is 4. The van der Waals surface area contributed by atoms with Crippen molar-refractivity contribution >= 4 is 23.5 Å². The molecule has 2 heterocycles. The molecule has 1 aliphatic rings. The van der Waals surface area contributed by atoms with Gasteiger partial charge in [-0.05, 0) is 43.0 Å². The molecule has 3 aromatic rings. The van der Waals surface area contributed by atoms with Gasteiger partial charge < -0.3 is 10.2 Å². The third kappa shape index (κ3) is 4.97. The van der Waals surface area contributed by atoms with Crippen molar-refractivity contribution in [1.29, 1.82) is 0 Å². The van der Waals surface area contributed by atoms with Crippen molar-refractivity contribution in [2.45, 2.75) is 26.3 Å². The summed E-state index contributed by atoms with van der Waals surface area (Å²) in [5.74, 6) is 0.693. The minimum absolute atomic E-state index is 0.0635. The lowest BCUT2D eigenvalue weighted by atomic mass is 9.97. The number of halogens is 1. The summed E-state index contributed by atoms with van der Waals surface area (Å²) in [6.45, 7) is 4.08. The molecule has 1 saturated heterocycles. The molecule has 1 atom stereocenters. The largest absolute Gasteiger partial charge is 0.352 e. The highest BCUT2D eigenvalue weighted by atomic mass is 35.5. The Morgan fingerprint density at radius 2 is 1.77 bits per heavy atom. The maximum Gasteiger partial charge on any atom is 0.225 e. The Hall–Kier alpha value is -2.92. The van der Waals surface area contributed by atoms with Crippen LogP contribution in [-0.4, -0.2) is 29.0 Å². The van der Waals surface area contributed by atoms with Gasteiger partial charge in [-0.15, -0.1) is 0 Å². The smallest absolute Gasteiger partial charge is 0.225 e. The topological polar surface area (TPSA) is 58.1 Å². The number of anilines is 1. The fraction of sp³-hybridized carbons (Fsp3) is 0.292. The first-order valence-electron chi connectivity index (χ1n) is 10.2. The van der Waals surface area contributed by atoms with Crippen LogP contribution in [0.5, 0.6) is 0 Å². The van der Waals surface area contributed by atoms with Crippen LogP contribution in [0, 0.1) is 12.8 Å². The number of piperidine rings is 1. The number of nitrogens with one attached hydrogen (secondary N) is 1. The van der Waals surface area contributed by atoms with Crippen molar-refractivity contribution in [3.8, 4) is 11.1 Å². The molecule has 6 heteroatoms. The number of aryl methyl sites for hydroxylation is 1. The number of aromatic nitrogens is 2. The normalized spacial score (nSPS) is 16.3. The standard InChI is InChI=1S/C24H25ClN4O/c1-17-4-8-19(9-5-17)21-14-27-24(28-15-21)29-12-2-3-20(16-29)23(30)26-13-18-6-10-22(25)11-7-18/h4-11,14-15,20H,2-3,12-13,16H2,1H3,(H,26,30)/t20-/m1/s1. The molecule has 2 aromatic carbocycles. The van der Waals surface area contributed by atoms with E-state index in [9.17, 15) is 4.79 Å². The minimum Gasteiger partial charge on any atom is -0.352 e. The first-order valence-corrected chi connectivity index (χ1v) is 10.6. The molecule has 1 N–H and O–H groups in total. The summed E-state index contributed by atoms with van der Waals surface area (Å²) in [5, 5.41) is 3.74. The van der Waals surface area contributed by atoms with Crippen LogP contribution in [0.2, 0.25) is 5.02 Å². The van der Waals surface area contributed by atoms with Gasteiger partial charge in [0.2, 0.25) is 11.9 Å². The highest BCUT2D eigenvalue weighted by molar-refractivity contribution is 6.30. The van der Waals surface area contributed by atoms with E-state index >= 15 is 0 Å². The molecule has 1 aliphatic heterocycles. The Kier molecular flexibility index (Phi) is 6.29. The van der Waals surface area contributed by atoms with Crippen LogP contribution in [-0.2, 0) is 11.3 Å². The van der Waals surface area contributed by atoms with Crippen molar-refractivity contribution in [3.63, 3.8) is 0 Å². The Morgan fingerprint density at radius 1 is 1.07 bits per heavy atom. The second-order valence-corrected chi connectivity index (χ2v) is 8.20. The first kappa shape index (κ1) is 20.4. The molecular weight excluding hydrogens is 396 g/mol. The van der Waals surface area contributed by atoms with Gasteiger partial charge in [-0.3, -0.25) is 4.79 Å². The highest BCUT2D eigenvalue weighted by Crippen LogP contribution is 2.23. The van der Waals surface area contributed by atoms with Gasteiger partial charge in [-0.2, -0.15) is 0 Å². The lowest BCUT2D eigenvalue weighted by Crippen LogP contribution is -2.43. The zero-order chi connectivity index (χ0) is 20.9. The van der Waals surface area contributed by atoms with Crippen LogP contribution < -0.4 is 10.2 Å². The summed E-state index contributed by atoms with van der Waals surface area (Å²) in [4.78, 5) is 23.9. The molecule has 0 bridgehead atoms. The molecular formula is C24H25ClN4O. The molecule has 0 saturated carbocycles. The van der Waals surface area contributed by atoms with Crippen LogP contribution in [0.15, 0.2) is 60.9 Å². The van der Waals surface area contributed by atoms with Gasteiger partial charge in [0.15, 0.2) is 0 Å². The molecule has 0 unspecified atom stereocenters. The maximum atomic E-state index is 12.7. The van der Waals surface area contributed by atoms with Crippen LogP contribution in [0.4, 0.5) is 5.95 Å². The van der Waals surface area contributed by atoms with E-state index in [1.54, 1.807) is 0 Å². The Labute approximate surface area is 182 Å². The van der Waals surface area contributed by atoms with E-state index in [0.29, 0.717) is 24.1 Å². The van der Waals surface area contributed by atoms with Crippen LogP contribution >= 0.6 is 11.6 Å². The second-order valence-electron chi connectivity index (χ2n) is 7.77. The van der Waals surface area contributed by atoms with Gasteiger partial charge in [0.25, 0.3) is 0 Å². The molecule has 1 aromatic heterocycles. The van der Waals surface area contributed by atoms with Crippen molar-refractivity contribution < 1.29 is 4.79 Å². The maximum absolute atomic E-state index is 12.7. The molecule has 1 amide bonds. The summed E-state index contributed by atoms with van der Waals surface area (Å²) in [5.41, 5.74) is 4.36.